The third-order valence-corrected chi connectivity index (χ3v) is 1.29. The van der Waals surface area contributed by atoms with E-state index in [1.54, 1.807) is 6.92 Å². The zero-order valence-corrected chi connectivity index (χ0v) is 7.53. The van der Waals surface area contributed by atoms with Crippen LogP contribution in [0.4, 0.5) is 5.69 Å². The van der Waals surface area contributed by atoms with Gasteiger partial charge in [0.1, 0.15) is 11.4 Å². The van der Waals surface area contributed by atoms with E-state index in [1.807, 2.05) is 13.8 Å². The molecule has 1 rings (SSSR count). The minimum atomic E-state index is 0.187. The smallest absolute Gasteiger partial charge is 0.118 e. The molecule has 0 saturated carbocycles. The van der Waals surface area contributed by atoms with Crippen molar-refractivity contribution < 1.29 is 5.11 Å². The van der Waals surface area contributed by atoms with E-state index < -0.39 is 0 Å². The molecule has 66 valence electrons. The molecule has 3 nitrogen and oxygen atoms in total. The second kappa shape index (κ2) is 5.29. The van der Waals surface area contributed by atoms with Gasteiger partial charge in [-0.05, 0) is 35.9 Å². The molecule has 0 saturated heterocycles. The van der Waals surface area contributed by atoms with Gasteiger partial charge in [0, 0.05) is 0 Å². The summed E-state index contributed by atoms with van der Waals surface area (Å²) in [5.41, 5.74) is 1.01. The van der Waals surface area contributed by atoms with Crippen LogP contribution in [-0.2, 0) is 0 Å². The van der Waals surface area contributed by atoms with Gasteiger partial charge in [0.25, 0.3) is 0 Å². The molecule has 0 bridgehead atoms. The summed E-state index contributed by atoms with van der Waals surface area (Å²) in [5.74, 6) is 0.187. The van der Waals surface area contributed by atoms with Crippen molar-refractivity contribution in [3.05, 3.63) is 28.7 Å². The summed E-state index contributed by atoms with van der Waals surface area (Å²) in [6.45, 7) is 5.71. The van der Waals surface area contributed by atoms with Crippen LogP contribution in [0.5, 0.6) is 5.75 Å². The van der Waals surface area contributed by atoms with Crippen molar-refractivity contribution in [3.63, 3.8) is 0 Å². The van der Waals surface area contributed by atoms with Crippen molar-refractivity contribution >= 4 is 5.69 Å². The Morgan fingerprint density at radius 1 is 1.33 bits per heavy atom. The highest BCUT2D eigenvalue weighted by Crippen LogP contribution is 2.21. The highest BCUT2D eigenvalue weighted by Gasteiger charge is 1.95. The van der Waals surface area contributed by atoms with E-state index in [2.05, 4.69) is 5.18 Å². The van der Waals surface area contributed by atoms with E-state index in [1.165, 1.54) is 18.2 Å². The molecular formula is C9H13NO2. The fourth-order valence-electron chi connectivity index (χ4n) is 0.696. The van der Waals surface area contributed by atoms with E-state index in [4.69, 9.17) is 5.11 Å². The SMILES string of the molecule is CC.Cc1cc(N=O)ccc1O. The molecule has 0 amide bonds. The summed E-state index contributed by atoms with van der Waals surface area (Å²) in [7, 11) is 0. The second-order valence-corrected chi connectivity index (χ2v) is 2.06. The average Bonchev–Trinajstić information content (AvgIpc) is 2.13. The van der Waals surface area contributed by atoms with Gasteiger partial charge in [-0.3, -0.25) is 0 Å². The van der Waals surface area contributed by atoms with Gasteiger partial charge in [-0.25, -0.2) is 0 Å². The molecule has 0 atom stereocenters. The monoisotopic (exact) mass is 167 g/mol. The Balaban J connectivity index is 0.000000561. The number of phenols is 1. The van der Waals surface area contributed by atoms with Crippen molar-refractivity contribution in [2.24, 2.45) is 5.18 Å². The molecule has 1 aromatic carbocycles. The molecule has 0 radical (unpaired) electrons. The van der Waals surface area contributed by atoms with Crippen molar-refractivity contribution in [3.8, 4) is 5.75 Å². The zero-order chi connectivity index (χ0) is 9.56. The Labute approximate surface area is 72.0 Å². The molecule has 0 aliphatic heterocycles. The standard InChI is InChI=1S/C7H7NO2.C2H6/c1-5-4-6(8-10)2-3-7(5)9;1-2/h2-4,9H,1H3;1-2H3. The maximum absolute atomic E-state index is 9.94. The quantitative estimate of drug-likeness (QED) is 0.653. The lowest BCUT2D eigenvalue weighted by atomic mass is 10.2. The largest absolute Gasteiger partial charge is 0.508 e. The lowest BCUT2D eigenvalue weighted by molar-refractivity contribution is 0.471. The Bertz CT molecular complexity index is 259. The predicted octanol–water partition coefficient (Wildman–Crippen LogP) is 3.12. The Hall–Kier alpha value is -1.38. The molecular weight excluding hydrogens is 154 g/mol. The third-order valence-electron chi connectivity index (χ3n) is 1.29. The lowest BCUT2D eigenvalue weighted by Gasteiger charge is -1.95. The summed E-state index contributed by atoms with van der Waals surface area (Å²) >= 11 is 0. The molecule has 3 heteroatoms. The van der Waals surface area contributed by atoms with Crippen LogP contribution < -0.4 is 0 Å². The van der Waals surface area contributed by atoms with Crippen LogP contribution in [0.15, 0.2) is 23.4 Å². The van der Waals surface area contributed by atoms with Crippen LogP contribution in [0.1, 0.15) is 19.4 Å². The molecule has 0 aromatic heterocycles. The van der Waals surface area contributed by atoms with E-state index in [0.29, 0.717) is 11.3 Å². The summed E-state index contributed by atoms with van der Waals surface area (Å²) in [6.07, 6.45) is 0. The fraction of sp³-hybridized carbons (Fsp3) is 0.333. The number of rotatable bonds is 1. The van der Waals surface area contributed by atoms with Crippen LogP contribution in [0.25, 0.3) is 0 Å². The zero-order valence-electron chi connectivity index (χ0n) is 7.53. The summed E-state index contributed by atoms with van der Waals surface area (Å²) in [4.78, 5) is 9.94. The van der Waals surface area contributed by atoms with E-state index in [0.717, 1.165) is 0 Å². The molecule has 0 heterocycles. The Morgan fingerprint density at radius 3 is 2.33 bits per heavy atom. The van der Waals surface area contributed by atoms with Gasteiger partial charge in [0.15, 0.2) is 0 Å². The fourth-order valence-corrected chi connectivity index (χ4v) is 0.696. The number of nitroso groups, excluding NO2 is 1. The third kappa shape index (κ3) is 2.70. The van der Waals surface area contributed by atoms with E-state index in [-0.39, 0.29) is 5.75 Å². The maximum Gasteiger partial charge on any atom is 0.118 e. The highest BCUT2D eigenvalue weighted by molar-refractivity contribution is 5.45. The van der Waals surface area contributed by atoms with Crippen molar-refractivity contribution in [1.29, 1.82) is 0 Å². The normalized spacial score (nSPS) is 8.25. The number of nitrogens with zero attached hydrogens (tertiary/aromatic N) is 1. The first-order valence-corrected chi connectivity index (χ1v) is 3.87. The first-order valence-electron chi connectivity index (χ1n) is 3.87. The van der Waals surface area contributed by atoms with Gasteiger partial charge in [-0.1, -0.05) is 13.8 Å². The number of hydrogen-bond donors (Lipinski definition) is 1. The first kappa shape index (κ1) is 10.6. The molecule has 0 spiro atoms. The minimum Gasteiger partial charge on any atom is -0.508 e. The van der Waals surface area contributed by atoms with Crippen LogP contribution in [0.3, 0.4) is 0 Å². The van der Waals surface area contributed by atoms with Gasteiger partial charge in [0.05, 0.1) is 0 Å². The number of aromatic hydroxyl groups is 1. The number of benzene rings is 1. The first-order chi connectivity index (χ1) is 5.74. The topological polar surface area (TPSA) is 49.7 Å². The lowest BCUT2D eigenvalue weighted by Crippen LogP contribution is -1.71. The second-order valence-electron chi connectivity index (χ2n) is 2.06. The van der Waals surface area contributed by atoms with Crippen LogP contribution in [0, 0.1) is 11.8 Å². The van der Waals surface area contributed by atoms with E-state index >= 15 is 0 Å². The van der Waals surface area contributed by atoms with Gasteiger partial charge >= 0.3 is 0 Å². The predicted molar refractivity (Wildman–Crippen MR) is 49.6 cm³/mol. The van der Waals surface area contributed by atoms with Gasteiger partial charge < -0.3 is 5.11 Å². The van der Waals surface area contributed by atoms with Gasteiger partial charge in [-0.15, -0.1) is 4.91 Å². The maximum atomic E-state index is 9.94. The van der Waals surface area contributed by atoms with Crippen molar-refractivity contribution in [2.45, 2.75) is 20.8 Å². The van der Waals surface area contributed by atoms with Gasteiger partial charge in [-0.2, -0.15) is 0 Å². The summed E-state index contributed by atoms with van der Waals surface area (Å²) in [6, 6.07) is 4.45. The molecule has 12 heavy (non-hydrogen) atoms. The number of aryl methyl sites for hydroxylation is 1. The van der Waals surface area contributed by atoms with Crippen LogP contribution in [0.2, 0.25) is 0 Å². The molecule has 0 aliphatic carbocycles. The molecule has 0 unspecified atom stereocenters. The summed E-state index contributed by atoms with van der Waals surface area (Å²) < 4.78 is 0. The van der Waals surface area contributed by atoms with Crippen LogP contribution in [-0.4, -0.2) is 5.11 Å². The minimum absolute atomic E-state index is 0.187. The Morgan fingerprint density at radius 2 is 1.92 bits per heavy atom. The number of hydrogen-bond acceptors (Lipinski definition) is 3. The van der Waals surface area contributed by atoms with E-state index in [9.17, 15) is 4.91 Å². The highest BCUT2D eigenvalue weighted by atomic mass is 16.3. The molecule has 1 N–H and O–H groups in total. The van der Waals surface area contributed by atoms with Gasteiger partial charge in [0.2, 0.25) is 0 Å². The average molecular weight is 167 g/mol. The molecule has 1 aromatic rings. The Kier molecular flexibility index (Phi) is 4.69. The molecule has 0 fully saturated rings. The number of phenolic OH excluding ortho intramolecular Hbond substituents is 1. The molecule has 0 aliphatic rings. The summed E-state index contributed by atoms with van der Waals surface area (Å²) in [5, 5.41) is 11.7. The van der Waals surface area contributed by atoms with Crippen molar-refractivity contribution in [1.82, 2.24) is 0 Å². The van der Waals surface area contributed by atoms with Crippen LogP contribution >= 0.6 is 0 Å². The van der Waals surface area contributed by atoms with Crippen molar-refractivity contribution in [2.75, 3.05) is 0 Å².